The van der Waals surface area contributed by atoms with Crippen molar-refractivity contribution in [1.82, 2.24) is 4.90 Å². The van der Waals surface area contributed by atoms with Crippen molar-refractivity contribution in [3.8, 4) is 11.5 Å². The Balaban J connectivity index is 1.62. The van der Waals surface area contributed by atoms with E-state index in [2.05, 4.69) is 6.92 Å². The van der Waals surface area contributed by atoms with Crippen LogP contribution in [0, 0.1) is 11.8 Å². The van der Waals surface area contributed by atoms with Crippen LogP contribution in [-0.4, -0.2) is 63.3 Å². The molecule has 1 aromatic carbocycles. The summed E-state index contributed by atoms with van der Waals surface area (Å²) in [6.07, 6.45) is 2.70. The summed E-state index contributed by atoms with van der Waals surface area (Å²) < 4.78 is 5.73. The molecule has 4 N–H and O–H groups in total. The number of amides is 1. The van der Waals surface area contributed by atoms with E-state index in [0.717, 1.165) is 19.3 Å². The number of aromatic carboxylic acids is 1. The van der Waals surface area contributed by atoms with Gasteiger partial charge in [-0.05, 0) is 49.6 Å². The standard InChI is InChI=1S/C19H26BNO7/c1-11-2-3-13(8-11)18(23)21-9-14(10-21)28-15-5-4-12(6-7-20(26)27)17(22)16(15)19(24)25/h4-5,11,13-14,22,26-27H,2-3,6-10H2,1H3,(H,24,25)/t11?,13-/m0/s1. The number of aromatic hydroxyl groups is 1. The third kappa shape index (κ3) is 4.42. The summed E-state index contributed by atoms with van der Waals surface area (Å²) in [6, 6.07) is 2.98. The second-order valence-corrected chi connectivity index (χ2v) is 7.87. The average Bonchev–Trinajstić information content (AvgIpc) is 3.02. The fourth-order valence-electron chi connectivity index (χ4n) is 3.97. The van der Waals surface area contributed by atoms with E-state index < -0.39 is 18.8 Å². The Morgan fingerprint density at radius 1 is 1.25 bits per heavy atom. The molecule has 9 heteroatoms. The lowest BCUT2D eigenvalue weighted by Crippen LogP contribution is -2.57. The highest BCUT2D eigenvalue weighted by Crippen LogP contribution is 2.35. The van der Waals surface area contributed by atoms with Crippen LogP contribution >= 0.6 is 0 Å². The number of rotatable bonds is 7. The van der Waals surface area contributed by atoms with Gasteiger partial charge in [0, 0.05) is 5.92 Å². The number of carbonyl (C=O) groups excluding carboxylic acids is 1. The number of carbonyl (C=O) groups is 2. The number of benzene rings is 1. The van der Waals surface area contributed by atoms with Crippen molar-refractivity contribution in [3.63, 3.8) is 0 Å². The quantitative estimate of drug-likeness (QED) is 0.513. The van der Waals surface area contributed by atoms with Crippen LogP contribution in [0.1, 0.15) is 42.1 Å². The van der Waals surface area contributed by atoms with Gasteiger partial charge >= 0.3 is 13.1 Å². The molecule has 1 saturated heterocycles. The van der Waals surface area contributed by atoms with Crippen molar-refractivity contribution in [2.75, 3.05) is 13.1 Å². The molecule has 152 valence electrons. The molecular weight excluding hydrogens is 365 g/mol. The van der Waals surface area contributed by atoms with E-state index >= 15 is 0 Å². The zero-order chi connectivity index (χ0) is 20.4. The molecule has 3 rings (SSSR count). The van der Waals surface area contributed by atoms with E-state index in [4.69, 9.17) is 14.8 Å². The molecule has 1 unspecified atom stereocenters. The van der Waals surface area contributed by atoms with Crippen molar-refractivity contribution in [1.29, 1.82) is 0 Å². The topological polar surface area (TPSA) is 128 Å². The summed E-state index contributed by atoms with van der Waals surface area (Å²) in [6.45, 7) is 2.96. The Kier molecular flexibility index (Phi) is 6.15. The van der Waals surface area contributed by atoms with Crippen LogP contribution in [0.25, 0.3) is 0 Å². The van der Waals surface area contributed by atoms with Crippen molar-refractivity contribution in [2.24, 2.45) is 11.8 Å². The van der Waals surface area contributed by atoms with Gasteiger partial charge in [0.05, 0.1) is 13.1 Å². The molecule has 1 aliphatic heterocycles. The third-order valence-corrected chi connectivity index (χ3v) is 5.61. The molecule has 2 atom stereocenters. The first-order chi connectivity index (χ1) is 13.3. The summed E-state index contributed by atoms with van der Waals surface area (Å²) >= 11 is 0. The number of hydrogen-bond donors (Lipinski definition) is 4. The number of hydrogen-bond acceptors (Lipinski definition) is 6. The van der Waals surface area contributed by atoms with Gasteiger partial charge in [-0.15, -0.1) is 0 Å². The van der Waals surface area contributed by atoms with E-state index in [-0.39, 0.29) is 42.0 Å². The van der Waals surface area contributed by atoms with Gasteiger partial charge < -0.3 is 29.9 Å². The number of carboxylic acids is 1. The van der Waals surface area contributed by atoms with Crippen molar-refractivity contribution < 1.29 is 34.6 Å². The van der Waals surface area contributed by atoms with Crippen LogP contribution in [0.3, 0.4) is 0 Å². The van der Waals surface area contributed by atoms with E-state index in [9.17, 15) is 19.8 Å². The molecule has 1 aliphatic carbocycles. The van der Waals surface area contributed by atoms with Crippen LogP contribution in [0.4, 0.5) is 0 Å². The Morgan fingerprint density at radius 2 is 1.96 bits per heavy atom. The highest BCUT2D eigenvalue weighted by Gasteiger charge is 2.38. The maximum atomic E-state index is 12.5. The Labute approximate surface area is 163 Å². The molecular formula is C19H26BNO7. The van der Waals surface area contributed by atoms with Crippen LogP contribution in [-0.2, 0) is 11.2 Å². The number of nitrogens with zero attached hydrogens (tertiary/aromatic N) is 1. The summed E-state index contributed by atoms with van der Waals surface area (Å²) in [4.78, 5) is 25.8. The minimum atomic E-state index is -1.54. The van der Waals surface area contributed by atoms with Gasteiger partial charge in [0.1, 0.15) is 23.2 Å². The Morgan fingerprint density at radius 3 is 2.54 bits per heavy atom. The molecule has 1 heterocycles. The van der Waals surface area contributed by atoms with E-state index in [1.807, 2.05) is 0 Å². The molecule has 1 saturated carbocycles. The third-order valence-electron chi connectivity index (χ3n) is 5.61. The summed E-state index contributed by atoms with van der Waals surface area (Å²) in [5.74, 6) is -0.915. The highest BCUT2D eigenvalue weighted by molar-refractivity contribution is 6.41. The predicted molar refractivity (Wildman–Crippen MR) is 101 cm³/mol. The molecule has 0 bridgehead atoms. The van der Waals surface area contributed by atoms with Gasteiger partial charge in [0.25, 0.3) is 0 Å². The zero-order valence-electron chi connectivity index (χ0n) is 15.9. The molecule has 1 aromatic rings. The molecule has 2 aliphatic rings. The highest BCUT2D eigenvalue weighted by atomic mass is 16.5. The minimum Gasteiger partial charge on any atom is -0.507 e. The number of aryl methyl sites for hydroxylation is 1. The molecule has 2 fully saturated rings. The van der Waals surface area contributed by atoms with Crippen molar-refractivity contribution >= 4 is 19.0 Å². The second-order valence-electron chi connectivity index (χ2n) is 7.87. The molecule has 0 radical (unpaired) electrons. The lowest BCUT2D eigenvalue weighted by atomic mass is 9.82. The Bertz CT molecular complexity index is 748. The van der Waals surface area contributed by atoms with Crippen molar-refractivity contribution in [2.45, 2.75) is 45.0 Å². The maximum absolute atomic E-state index is 12.5. The summed E-state index contributed by atoms with van der Waals surface area (Å²) in [5, 5.41) is 37.7. The molecule has 8 nitrogen and oxygen atoms in total. The van der Waals surface area contributed by atoms with Crippen LogP contribution < -0.4 is 4.74 Å². The largest absolute Gasteiger partial charge is 0.507 e. The maximum Gasteiger partial charge on any atom is 0.451 e. The van der Waals surface area contributed by atoms with Crippen LogP contribution in [0.15, 0.2) is 12.1 Å². The lowest BCUT2D eigenvalue weighted by molar-refractivity contribution is -0.144. The van der Waals surface area contributed by atoms with E-state index in [0.29, 0.717) is 24.6 Å². The Hall–Kier alpha value is -2.26. The van der Waals surface area contributed by atoms with E-state index in [1.54, 1.807) is 4.90 Å². The van der Waals surface area contributed by atoms with E-state index in [1.165, 1.54) is 12.1 Å². The zero-order valence-corrected chi connectivity index (χ0v) is 15.9. The molecule has 28 heavy (non-hydrogen) atoms. The fraction of sp³-hybridized carbons (Fsp3) is 0.579. The second kappa shape index (κ2) is 8.40. The van der Waals surface area contributed by atoms with Gasteiger partial charge in [0.15, 0.2) is 0 Å². The van der Waals surface area contributed by atoms with Gasteiger partial charge in [-0.25, -0.2) is 4.79 Å². The number of likely N-dealkylation sites (tertiary alicyclic amines) is 1. The summed E-state index contributed by atoms with van der Waals surface area (Å²) in [5.41, 5.74) is -0.0436. The van der Waals surface area contributed by atoms with Gasteiger partial charge in [0.2, 0.25) is 5.91 Å². The SMILES string of the molecule is CC1CC[C@H](C(=O)N2CC(Oc3ccc(CCB(O)O)c(O)c3C(=O)O)C2)C1. The molecule has 0 aromatic heterocycles. The number of carboxylic acid groups (broad SMARTS) is 1. The normalized spacial score (nSPS) is 22.0. The minimum absolute atomic E-state index is 0.0215. The number of phenols is 1. The monoisotopic (exact) mass is 391 g/mol. The van der Waals surface area contributed by atoms with Gasteiger partial charge in [-0.1, -0.05) is 13.0 Å². The smallest absolute Gasteiger partial charge is 0.451 e. The fourth-order valence-corrected chi connectivity index (χ4v) is 3.97. The van der Waals surface area contributed by atoms with Gasteiger partial charge in [-0.3, -0.25) is 4.79 Å². The van der Waals surface area contributed by atoms with Crippen LogP contribution in [0.2, 0.25) is 6.32 Å². The number of ether oxygens (including phenoxy) is 1. The first kappa shape index (κ1) is 20.5. The lowest BCUT2D eigenvalue weighted by Gasteiger charge is -2.40. The molecule has 0 spiro atoms. The van der Waals surface area contributed by atoms with Crippen LogP contribution in [0.5, 0.6) is 11.5 Å². The predicted octanol–water partition coefficient (Wildman–Crippen LogP) is 1.13. The first-order valence-corrected chi connectivity index (χ1v) is 9.66. The van der Waals surface area contributed by atoms with Gasteiger partial charge in [-0.2, -0.15) is 0 Å². The first-order valence-electron chi connectivity index (χ1n) is 9.66. The average molecular weight is 391 g/mol. The summed E-state index contributed by atoms with van der Waals surface area (Å²) in [7, 11) is -1.54. The molecule has 1 amide bonds. The van der Waals surface area contributed by atoms with Crippen molar-refractivity contribution in [3.05, 3.63) is 23.3 Å².